The van der Waals surface area contributed by atoms with Crippen LogP contribution in [0.4, 0.5) is 0 Å². The van der Waals surface area contributed by atoms with Crippen molar-refractivity contribution < 1.29 is 0 Å². The SMILES string of the molecule is Cc1cc(C)c2sc3c(C)cc(-c4ccc(-c5ccc6c(c5)c5ccccc5c5nccnc65)cc4)cc3c2c1.Cc1cccc2c1sc1c(C)cc(-c3ccc(-c4ccc5c(c4)c4ccccc4c4nccnc54)cc3)cc12.c1ccc(-c2ccc3sc4ccc(-c5ccccc5-c5ccc6c(c5)c5ccccc5c5nccnc65)cc4c3c2)cc1. The first-order valence-electron chi connectivity index (χ1n) is 41.4. The van der Waals surface area contributed by atoms with Crippen LogP contribution in [-0.2, 0) is 0 Å². The molecule has 574 valence electrons. The highest BCUT2D eigenvalue weighted by atomic mass is 32.1. The van der Waals surface area contributed by atoms with E-state index < -0.39 is 0 Å². The van der Waals surface area contributed by atoms with E-state index in [9.17, 15) is 0 Å². The maximum Gasteiger partial charge on any atom is 0.0971 e. The van der Waals surface area contributed by atoms with Crippen LogP contribution in [-0.4, -0.2) is 29.9 Å². The number of benzene rings is 19. The predicted octanol–water partition coefficient (Wildman–Crippen LogP) is 32.1. The van der Waals surface area contributed by atoms with E-state index in [1.807, 2.05) is 34.0 Å². The molecule has 0 radical (unpaired) electrons. The molecule has 0 amide bonds. The first kappa shape index (κ1) is 72.6. The van der Waals surface area contributed by atoms with Gasteiger partial charge in [-0.25, -0.2) is 0 Å². The summed E-state index contributed by atoms with van der Waals surface area (Å²) in [5.74, 6) is 0. The van der Waals surface area contributed by atoms with E-state index >= 15 is 0 Å². The Bertz CT molecular complexity index is 8540. The fourth-order valence-corrected chi connectivity index (χ4v) is 22.4. The molecule has 9 heteroatoms. The summed E-state index contributed by atoms with van der Waals surface area (Å²) in [6.07, 6.45) is 10.7. The van der Waals surface area contributed by atoms with Crippen molar-refractivity contribution in [2.24, 2.45) is 0 Å². The van der Waals surface area contributed by atoms with Crippen LogP contribution in [0.1, 0.15) is 27.8 Å². The number of nitrogens with zero attached hydrogens (tertiary/aromatic N) is 6. The van der Waals surface area contributed by atoms with Gasteiger partial charge in [-0.3, -0.25) is 29.9 Å². The molecule has 19 aromatic carbocycles. The van der Waals surface area contributed by atoms with E-state index in [-0.39, 0.29) is 0 Å². The molecule has 0 fully saturated rings. The lowest BCUT2D eigenvalue weighted by Crippen LogP contribution is -1.90. The third-order valence-electron chi connectivity index (χ3n) is 24.7. The zero-order valence-corrected chi connectivity index (χ0v) is 69.9. The summed E-state index contributed by atoms with van der Waals surface area (Å²) in [5, 5.41) is 22.1. The van der Waals surface area contributed by atoms with Crippen molar-refractivity contribution in [3.63, 3.8) is 0 Å². The first-order chi connectivity index (χ1) is 60.0. The third-order valence-corrected chi connectivity index (χ3v) is 28.9. The molecule has 6 aromatic heterocycles. The molecule has 6 nitrogen and oxygen atoms in total. The smallest absolute Gasteiger partial charge is 0.0971 e. The Labute approximate surface area is 715 Å². The average molecular weight is 1610 g/mol. The molecule has 0 saturated heterocycles. The second-order valence-corrected chi connectivity index (χ2v) is 35.3. The highest BCUT2D eigenvalue weighted by Gasteiger charge is 2.21. The minimum atomic E-state index is 0.945. The van der Waals surface area contributed by atoms with Crippen molar-refractivity contribution in [2.75, 3.05) is 0 Å². The van der Waals surface area contributed by atoms with Crippen LogP contribution in [0.25, 0.3) is 236 Å². The van der Waals surface area contributed by atoms with Gasteiger partial charge >= 0.3 is 0 Å². The molecule has 0 atom stereocenters. The molecule has 0 aliphatic carbocycles. The van der Waals surface area contributed by atoms with Crippen molar-refractivity contribution in [2.45, 2.75) is 34.6 Å². The lowest BCUT2D eigenvalue weighted by molar-refractivity contribution is 1.31. The van der Waals surface area contributed by atoms with Crippen molar-refractivity contribution in [3.05, 3.63) is 387 Å². The van der Waals surface area contributed by atoms with Crippen LogP contribution in [0, 0.1) is 34.6 Å². The Morgan fingerprint density at radius 2 is 0.451 bits per heavy atom. The van der Waals surface area contributed by atoms with Crippen molar-refractivity contribution in [1.82, 2.24) is 29.9 Å². The van der Waals surface area contributed by atoms with Crippen LogP contribution in [0.5, 0.6) is 0 Å². The maximum atomic E-state index is 4.74. The number of thiophene rings is 3. The van der Waals surface area contributed by atoms with E-state index in [0.717, 1.165) is 65.4 Å². The lowest BCUT2D eigenvalue weighted by Gasteiger charge is -2.13. The normalized spacial score (nSPS) is 11.8. The van der Waals surface area contributed by atoms with Gasteiger partial charge in [0.1, 0.15) is 0 Å². The number of aromatic nitrogens is 6. The second-order valence-electron chi connectivity index (χ2n) is 32.2. The fourth-order valence-electron chi connectivity index (χ4n) is 18.9. The summed E-state index contributed by atoms with van der Waals surface area (Å²) in [7, 11) is 0. The summed E-state index contributed by atoms with van der Waals surface area (Å²) in [4.78, 5) is 28.2. The highest BCUT2D eigenvalue weighted by Crippen LogP contribution is 2.47. The van der Waals surface area contributed by atoms with Gasteiger partial charge in [-0.05, 0) is 240 Å². The summed E-state index contributed by atoms with van der Waals surface area (Å²) >= 11 is 5.70. The summed E-state index contributed by atoms with van der Waals surface area (Å²) in [6, 6.07) is 118. The number of rotatable bonds is 7. The van der Waals surface area contributed by atoms with Crippen LogP contribution in [0.3, 0.4) is 0 Å². The molecule has 0 N–H and O–H groups in total. The Kier molecular flexibility index (Phi) is 17.5. The summed E-state index contributed by atoms with van der Waals surface area (Å²) < 4.78 is 8.21. The van der Waals surface area contributed by atoms with Crippen molar-refractivity contribution >= 4 is 192 Å². The average Bonchev–Trinajstić information content (AvgIpc) is 1.28. The van der Waals surface area contributed by atoms with E-state index in [2.05, 4.69) is 366 Å². The molecule has 0 aliphatic heterocycles. The van der Waals surface area contributed by atoms with Crippen molar-refractivity contribution in [1.29, 1.82) is 0 Å². The standard InChI is InChI=1S/C40H24N2S.C37H26N2S.C36H24N2S/c1-2-8-25(9-3-1)26-15-18-37-35(22-26)36-24-28(16-19-38(36)43-37)30-11-5-4-10-29(30)27-14-17-33-34(23-27)31-12-6-7-13-32(31)39-40(33)42-21-20-41-39;1-21-16-22(2)36-32(17-21)33-20-27(18-23(3)37(33)40-36)25-10-8-24(9-11-25)26-12-13-30-31(19-26)28-6-4-5-7-29(28)34-35(30)39-15-14-38-34;1-21-6-5-9-30-32-20-26(18-22(2)36(32)39-35(21)30)24-12-10-23(11-13-24)25-14-15-29-31(19-25)27-7-3-4-8-28(27)33-34(29)38-17-16-37-33/h1-24H;4-20H,1-3H3;3-20H,1-2H3. The van der Waals surface area contributed by atoms with Gasteiger partial charge in [-0.2, -0.15) is 0 Å². The van der Waals surface area contributed by atoms with E-state index in [0.29, 0.717) is 0 Å². The zero-order valence-electron chi connectivity index (χ0n) is 67.5. The van der Waals surface area contributed by atoms with Gasteiger partial charge in [-0.15, -0.1) is 34.0 Å². The van der Waals surface area contributed by atoms with Crippen LogP contribution < -0.4 is 0 Å². The van der Waals surface area contributed by atoms with E-state index in [4.69, 9.17) is 19.9 Å². The lowest BCUT2D eigenvalue weighted by atomic mass is 9.91. The topological polar surface area (TPSA) is 77.3 Å². The van der Waals surface area contributed by atoms with Gasteiger partial charge in [0.25, 0.3) is 0 Å². The molecule has 122 heavy (non-hydrogen) atoms. The van der Waals surface area contributed by atoms with Gasteiger partial charge in [0.2, 0.25) is 0 Å². The Hall–Kier alpha value is -14.6. The van der Waals surface area contributed by atoms with Crippen LogP contribution >= 0.6 is 34.0 Å². The summed E-state index contributed by atoms with van der Waals surface area (Å²) in [5.41, 5.74) is 29.6. The van der Waals surface area contributed by atoms with Gasteiger partial charge in [0.15, 0.2) is 0 Å². The van der Waals surface area contributed by atoms with Gasteiger partial charge in [0, 0.05) is 130 Å². The number of fused-ring (bicyclic) bond motifs is 27. The predicted molar refractivity (Wildman–Crippen MR) is 524 cm³/mol. The highest BCUT2D eigenvalue weighted by molar-refractivity contribution is 7.27. The molecule has 6 heterocycles. The maximum absolute atomic E-state index is 4.74. The monoisotopic (exact) mass is 1610 g/mol. The molecule has 25 aromatic rings. The van der Waals surface area contributed by atoms with E-state index in [1.54, 1.807) is 37.2 Å². The molecule has 0 aliphatic rings. The summed E-state index contributed by atoms with van der Waals surface area (Å²) in [6.45, 7) is 11.1. The molecule has 25 rings (SSSR count). The quantitative estimate of drug-likeness (QED) is 0.148. The fraction of sp³-hybridized carbons (Fsp3) is 0.0442. The van der Waals surface area contributed by atoms with Crippen molar-refractivity contribution in [3.8, 4) is 77.9 Å². The third kappa shape index (κ3) is 12.3. The molecule has 0 bridgehead atoms. The first-order valence-corrected chi connectivity index (χ1v) is 43.8. The van der Waals surface area contributed by atoms with E-state index in [1.165, 1.54) is 199 Å². The molecular weight excluding hydrogens is 1540 g/mol. The van der Waals surface area contributed by atoms with Crippen LogP contribution in [0.2, 0.25) is 0 Å². The second kappa shape index (κ2) is 29.4. The molecule has 0 spiro atoms. The molecular formula is C113H74N6S3. The van der Waals surface area contributed by atoms with Gasteiger partial charge in [0.05, 0.1) is 33.1 Å². The molecule has 0 saturated carbocycles. The van der Waals surface area contributed by atoms with Gasteiger partial charge < -0.3 is 0 Å². The number of aryl methyl sites for hydroxylation is 5. The minimum absolute atomic E-state index is 0.945. The number of hydrogen-bond donors (Lipinski definition) is 0. The minimum Gasteiger partial charge on any atom is -0.252 e. The Balaban J connectivity index is 0.000000106. The largest absolute Gasteiger partial charge is 0.252 e. The van der Waals surface area contributed by atoms with Gasteiger partial charge in [-0.1, -0.05) is 254 Å². The Morgan fingerprint density at radius 1 is 0.164 bits per heavy atom. The Morgan fingerprint density at radius 3 is 0.893 bits per heavy atom. The molecule has 0 unspecified atom stereocenters. The zero-order chi connectivity index (χ0) is 81.4. The van der Waals surface area contributed by atoms with Crippen LogP contribution in [0.15, 0.2) is 359 Å². The number of hydrogen-bond acceptors (Lipinski definition) is 9.